The molecule has 0 amide bonds. The molecule has 0 atom stereocenters. The molecule has 0 aliphatic heterocycles. The van der Waals surface area contributed by atoms with Gasteiger partial charge in [0, 0.05) is 37.3 Å². The Labute approximate surface area is 123 Å². The second kappa shape index (κ2) is 8.05. The Bertz CT molecular complexity index is 410. The van der Waals surface area contributed by atoms with E-state index >= 15 is 0 Å². The van der Waals surface area contributed by atoms with Gasteiger partial charge in [0.05, 0.1) is 0 Å². The Morgan fingerprint density at radius 2 is 1.75 bits per heavy atom. The van der Waals surface area contributed by atoms with Gasteiger partial charge in [0.15, 0.2) is 5.78 Å². The number of anilines is 1. The zero-order valence-electron chi connectivity index (χ0n) is 13.4. The Balaban J connectivity index is 2.49. The second-order valence-electron chi connectivity index (χ2n) is 6.09. The van der Waals surface area contributed by atoms with E-state index in [1.165, 1.54) is 0 Å². The highest BCUT2D eigenvalue weighted by Crippen LogP contribution is 2.15. The molecule has 0 fully saturated rings. The summed E-state index contributed by atoms with van der Waals surface area (Å²) in [4.78, 5) is 14.1. The topological polar surface area (TPSA) is 32.3 Å². The van der Waals surface area contributed by atoms with Crippen LogP contribution in [0.1, 0.15) is 38.1 Å². The Morgan fingerprint density at radius 3 is 2.25 bits per heavy atom. The SMILES string of the molecule is CC(C)CNCCN(C)c1ccc(C(=O)C(C)C)cc1. The minimum atomic E-state index is 0.0545. The van der Waals surface area contributed by atoms with Crippen LogP contribution >= 0.6 is 0 Å². The number of Topliss-reactive ketones (excluding diaryl/α,β-unsaturated/α-hetero) is 1. The van der Waals surface area contributed by atoms with Crippen molar-refractivity contribution in [1.82, 2.24) is 5.32 Å². The van der Waals surface area contributed by atoms with Gasteiger partial charge in [-0.1, -0.05) is 27.7 Å². The maximum absolute atomic E-state index is 11.9. The number of hydrogen-bond acceptors (Lipinski definition) is 3. The Hall–Kier alpha value is -1.35. The number of ketones is 1. The molecule has 0 heterocycles. The van der Waals surface area contributed by atoms with Crippen LogP contribution in [0.3, 0.4) is 0 Å². The molecule has 0 saturated heterocycles. The molecule has 3 heteroatoms. The van der Waals surface area contributed by atoms with Crippen molar-refractivity contribution in [2.45, 2.75) is 27.7 Å². The molecule has 0 aromatic heterocycles. The van der Waals surface area contributed by atoms with E-state index in [1.807, 2.05) is 38.1 Å². The van der Waals surface area contributed by atoms with E-state index in [4.69, 9.17) is 0 Å². The lowest BCUT2D eigenvalue weighted by atomic mass is 10.0. The molecular formula is C17H28N2O. The van der Waals surface area contributed by atoms with Gasteiger partial charge in [-0.2, -0.15) is 0 Å². The molecule has 0 saturated carbocycles. The average Bonchev–Trinajstić information content (AvgIpc) is 2.42. The minimum absolute atomic E-state index is 0.0545. The number of likely N-dealkylation sites (N-methyl/N-ethyl adjacent to an activating group) is 1. The highest BCUT2D eigenvalue weighted by Gasteiger charge is 2.10. The quantitative estimate of drug-likeness (QED) is 0.584. The lowest BCUT2D eigenvalue weighted by molar-refractivity contribution is 0.0939. The molecule has 0 bridgehead atoms. The number of nitrogens with zero attached hydrogens (tertiary/aromatic N) is 1. The van der Waals surface area contributed by atoms with Crippen LogP contribution in [-0.4, -0.2) is 32.5 Å². The van der Waals surface area contributed by atoms with Crippen molar-refractivity contribution in [3.63, 3.8) is 0 Å². The third-order valence-corrected chi connectivity index (χ3v) is 3.29. The van der Waals surface area contributed by atoms with Crippen molar-refractivity contribution in [2.75, 3.05) is 31.6 Å². The lowest BCUT2D eigenvalue weighted by Crippen LogP contribution is -2.31. The van der Waals surface area contributed by atoms with E-state index in [-0.39, 0.29) is 11.7 Å². The van der Waals surface area contributed by atoms with Crippen LogP contribution in [-0.2, 0) is 0 Å². The largest absolute Gasteiger partial charge is 0.373 e. The fourth-order valence-corrected chi connectivity index (χ4v) is 1.98. The van der Waals surface area contributed by atoms with Gasteiger partial charge in [-0.05, 0) is 36.7 Å². The van der Waals surface area contributed by atoms with Gasteiger partial charge in [-0.25, -0.2) is 0 Å². The fraction of sp³-hybridized carbons (Fsp3) is 0.588. The van der Waals surface area contributed by atoms with Crippen LogP contribution in [0.2, 0.25) is 0 Å². The molecule has 0 aliphatic carbocycles. The van der Waals surface area contributed by atoms with Crippen molar-refractivity contribution in [2.24, 2.45) is 11.8 Å². The van der Waals surface area contributed by atoms with Crippen molar-refractivity contribution in [3.8, 4) is 0 Å². The molecule has 3 nitrogen and oxygen atoms in total. The summed E-state index contributed by atoms with van der Waals surface area (Å²) in [6.07, 6.45) is 0. The Morgan fingerprint density at radius 1 is 1.15 bits per heavy atom. The fourth-order valence-electron chi connectivity index (χ4n) is 1.98. The summed E-state index contributed by atoms with van der Waals surface area (Å²) >= 11 is 0. The molecule has 0 aliphatic rings. The summed E-state index contributed by atoms with van der Waals surface area (Å²) < 4.78 is 0. The van der Waals surface area contributed by atoms with Crippen molar-refractivity contribution >= 4 is 11.5 Å². The molecule has 112 valence electrons. The Kier molecular flexibility index (Phi) is 6.73. The third kappa shape index (κ3) is 5.33. The van der Waals surface area contributed by atoms with Crippen molar-refractivity contribution in [3.05, 3.63) is 29.8 Å². The van der Waals surface area contributed by atoms with E-state index in [9.17, 15) is 4.79 Å². The normalized spacial score (nSPS) is 11.2. The maximum Gasteiger partial charge on any atom is 0.165 e. The molecule has 20 heavy (non-hydrogen) atoms. The first-order valence-corrected chi connectivity index (χ1v) is 7.48. The van der Waals surface area contributed by atoms with Crippen LogP contribution < -0.4 is 10.2 Å². The molecule has 0 radical (unpaired) electrons. The highest BCUT2D eigenvalue weighted by molar-refractivity contribution is 5.97. The number of nitrogens with one attached hydrogen (secondary N) is 1. The van der Waals surface area contributed by atoms with Crippen molar-refractivity contribution in [1.29, 1.82) is 0 Å². The zero-order chi connectivity index (χ0) is 15.1. The monoisotopic (exact) mass is 276 g/mol. The van der Waals surface area contributed by atoms with Gasteiger partial charge < -0.3 is 10.2 Å². The van der Waals surface area contributed by atoms with Crippen LogP contribution in [0.4, 0.5) is 5.69 Å². The summed E-state index contributed by atoms with van der Waals surface area (Å²) in [5, 5.41) is 3.43. The lowest BCUT2D eigenvalue weighted by Gasteiger charge is -2.20. The first kappa shape index (κ1) is 16.7. The van der Waals surface area contributed by atoms with Crippen LogP contribution in [0.25, 0.3) is 0 Å². The standard InChI is InChI=1S/C17H28N2O/c1-13(2)12-18-10-11-19(5)16-8-6-15(7-9-16)17(20)14(3)4/h6-9,13-14,18H,10-12H2,1-5H3. The number of carbonyl (C=O) groups is 1. The van der Waals surface area contributed by atoms with E-state index in [0.29, 0.717) is 5.92 Å². The molecule has 1 N–H and O–H groups in total. The van der Waals surface area contributed by atoms with Gasteiger partial charge in [0.25, 0.3) is 0 Å². The minimum Gasteiger partial charge on any atom is -0.373 e. The van der Waals surface area contributed by atoms with Crippen LogP contribution in [0.15, 0.2) is 24.3 Å². The molecule has 0 spiro atoms. The van der Waals surface area contributed by atoms with E-state index in [2.05, 4.69) is 31.1 Å². The molecule has 0 unspecified atom stereocenters. The summed E-state index contributed by atoms with van der Waals surface area (Å²) in [6, 6.07) is 7.90. The predicted molar refractivity (Wildman–Crippen MR) is 86.6 cm³/mol. The summed E-state index contributed by atoms with van der Waals surface area (Å²) in [5.41, 5.74) is 1.95. The second-order valence-corrected chi connectivity index (χ2v) is 6.09. The molecule has 1 aromatic rings. The smallest absolute Gasteiger partial charge is 0.165 e. The third-order valence-electron chi connectivity index (χ3n) is 3.29. The summed E-state index contributed by atoms with van der Waals surface area (Å²) in [5.74, 6) is 0.943. The number of rotatable bonds is 8. The predicted octanol–water partition coefficient (Wildman–Crippen LogP) is 3.21. The van der Waals surface area contributed by atoms with Gasteiger partial charge in [-0.3, -0.25) is 4.79 Å². The molecule has 1 rings (SSSR count). The average molecular weight is 276 g/mol. The first-order chi connectivity index (χ1) is 9.41. The summed E-state index contributed by atoms with van der Waals surface area (Å²) in [7, 11) is 2.08. The number of benzene rings is 1. The van der Waals surface area contributed by atoms with Gasteiger partial charge in [-0.15, -0.1) is 0 Å². The molecular weight excluding hydrogens is 248 g/mol. The van der Waals surface area contributed by atoms with Gasteiger partial charge in [0.2, 0.25) is 0 Å². The van der Waals surface area contributed by atoms with E-state index < -0.39 is 0 Å². The van der Waals surface area contributed by atoms with Gasteiger partial charge >= 0.3 is 0 Å². The first-order valence-electron chi connectivity index (χ1n) is 7.48. The van der Waals surface area contributed by atoms with E-state index in [1.54, 1.807) is 0 Å². The maximum atomic E-state index is 11.9. The van der Waals surface area contributed by atoms with E-state index in [0.717, 1.165) is 30.9 Å². The molecule has 1 aromatic carbocycles. The van der Waals surface area contributed by atoms with Crippen molar-refractivity contribution < 1.29 is 4.79 Å². The van der Waals surface area contributed by atoms with Crippen LogP contribution in [0, 0.1) is 11.8 Å². The highest BCUT2D eigenvalue weighted by atomic mass is 16.1. The number of carbonyl (C=O) groups excluding carboxylic acids is 1. The zero-order valence-corrected chi connectivity index (χ0v) is 13.4. The number of hydrogen-bond donors (Lipinski definition) is 1. The van der Waals surface area contributed by atoms with Gasteiger partial charge in [0.1, 0.15) is 0 Å². The van der Waals surface area contributed by atoms with Crippen LogP contribution in [0.5, 0.6) is 0 Å². The summed E-state index contributed by atoms with van der Waals surface area (Å²) in [6.45, 7) is 11.3.